The minimum atomic E-state index is -0.809. The third-order valence-corrected chi connectivity index (χ3v) is 4.09. The molecule has 0 aliphatic heterocycles. The summed E-state index contributed by atoms with van der Waals surface area (Å²) in [5, 5.41) is 15.9. The lowest BCUT2D eigenvalue weighted by Gasteiger charge is -2.22. The second kappa shape index (κ2) is 6.62. The molecule has 0 saturated carbocycles. The van der Waals surface area contributed by atoms with Crippen LogP contribution in [0.2, 0.25) is 0 Å². The molecule has 2 aromatic heterocycles. The Hall–Kier alpha value is -1.73. The molecule has 0 spiro atoms. The highest BCUT2D eigenvalue weighted by atomic mass is 32.1. The highest BCUT2D eigenvalue weighted by molar-refractivity contribution is 7.09. The van der Waals surface area contributed by atoms with Crippen molar-refractivity contribution in [3.05, 3.63) is 34.5 Å². The Bertz CT molecular complexity index is 552. The van der Waals surface area contributed by atoms with E-state index in [1.165, 1.54) is 0 Å². The number of carbonyl (C=O) groups is 1. The summed E-state index contributed by atoms with van der Waals surface area (Å²) in [6.07, 6.45) is 5.58. The second-order valence-corrected chi connectivity index (χ2v) is 5.64. The first-order chi connectivity index (χ1) is 9.56. The Labute approximate surface area is 121 Å². The van der Waals surface area contributed by atoms with Gasteiger partial charge in [-0.25, -0.2) is 4.98 Å². The maximum Gasteiger partial charge on any atom is 0.305 e. The van der Waals surface area contributed by atoms with Crippen LogP contribution in [0.5, 0.6) is 0 Å². The van der Waals surface area contributed by atoms with Gasteiger partial charge < -0.3 is 5.11 Å². The molecule has 7 heteroatoms. The molecule has 2 heterocycles. The predicted molar refractivity (Wildman–Crippen MR) is 76.5 cm³/mol. The number of aliphatic carboxylic acids is 1. The summed E-state index contributed by atoms with van der Waals surface area (Å²) in [5.74, 6) is -0.809. The van der Waals surface area contributed by atoms with Crippen LogP contribution in [-0.4, -0.2) is 37.8 Å². The molecule has 108 valence electrons. The summed E-state index contributed by atoms with van der Waals surface area (Å²) in [4.78, 5) is 17.0. The molecule has 1 atom stereocenters. The van der Waals surface area contributed by atoms with Crippen LogP contribution in [0.3, 0.4) is 0 Å². The molecular weight excluding hydrogens is 276 g/mol. The number of rotatable bonds is 7. The number of nitrogens with zero attached hydrogens (tertiary/aromatic N) is 4. The molecule has 0 unspecified atom stereocenters. The number of carboxylic acid groups (broad SMARTS) is 1. The molecule has 2 rings (SSSR count). The zero-order chi connectivity index (χ0) is 14.5. The minimum absolute atomic E-state index is 0.0898. The number of thiazole rings is 1. The zero-order valence-electron chi connectivity index (χ0n) is 11.6. The molecule has 0 fully saturated rings. The topological polar surface area (TPSA) is 71.2 Å². The van der Waals surface area contributed by atoms with Crippen LogP contribution in [0.15, 0.2) is 24.0 Å². The Morgan fingerprint density at radius 2 is 2.40 bits per heavy atom. The van der Waals surface area contributed by atoms with Crippen molar-refractivity contribution in [2.75, 3.05) is 7.05 Å². The molecule has 0 aliphatic carbocycles. The van der Waals surface area contributed by atoms with Gasteiger partial charge >= 0.3 is 5.97 Å². The summed E-state index contributed by atoms with van der Waals surface area (Å²) in [7, 11) is 2.04. The predicted octanol–water partition coefficient (Wildman–Crippen LogP) is 2.01. The quantitative estimate of drug-likeness (QED) is 0.845. The van der Waals surface area contributed by atoms with E-state index in [0.717, 1.165) is 17.1 Å². The molecule has 20 heavy (non-hydrogen) atoms. The monoisotopic (exact) mass is 294 g/mol. The lowest BCUT2D eigenvalue weighted by molar-refractivity contribution is -0.137. The number of aromatic nitrogens is 3. The standard InChI is InChI=1S/C13H18N4O2S/c1-10(13-14-4-6-20-13)16(2)8-11-7-15-17(9-11)5-3-12(18)19/h4,6-7,9-10H,3,5,8H2,1-2H3,(H,18,19)/t10-/m0/s1. The minimum Gasteiger partial charge on any atom is -0.481 e. The van der Waals surface area contributed by atoms with Crippen LogP contribution in [0.1, 0.15) is 30.0 Å². The molecule has 0 radical (unpaired) electrons. The first-order valence-electron chi connectivity index (χ1n) is 6.39. The molecule has 0 aliphatic rings. The smallest absolute Gasteiger partial charge is 0.305 e. The normalized spacial score (nSPS) is 12.8. The van der Waals surface area contributed by atoms with Crippen LogP contribution in [0, 0.1) is 0 Å². The molecule has 0 bridgehead atoms. The van der Waals surface area contributed by atoms with Crippen LogP contribution in [0.4, 0.5) is 0 Å². The number of aryl methyl sites for hydroxylation is 1. The van der Waals surface area contributed by atoms with Gasteiger partial charge in [-0.15, -0.1) is 11.3 Å². The molecule has 2 aromatic rings. The Morgan fingerprint density at radius 3 is 3.05 bits per heavy atom. The largest absolute Gasteiger partial charge is 0.481 e. The fraction of sp³-hybridized carbons (Fsp3) is 0.462. The van der Waals surface area contributed by atoms with Gasteiger partial charge in [0.15, 0.2) is 0 Å². The lowest BCUT2D eigenvalue weighted by Crippen LogP contribution is -2.21. The molecule has 0 saturated heterocycles. The van der Waals surface area contributed by atoms with Crippen molar-refractivity contribution in [3.8, 4) is 0 Å². The van der Waals surface area contributed by atoms with Crippen LogP contribution in [-0.2, 0) is 17.9 Å². The zero-order valence-corrected chi connectivity index (χ0v) is 12.4. The van der Waals surface area contributed by atoms with E-state index < -0.39 is 5.97 Å². The van der Waals surface area contributed by atoms with Gasteiger partial charge in [0.25, 0.3) is 0 Å². The highest BCUT2D eigenvalue weighted by Crippen LogP contribution is 2.22. The summed E-state index contributed by atoms with van der Waals surface area (Å²) in [6, 6.07) is 0.248. The van der Waals surface area contributed by atoms with Crippen LogP contribution >= 0.6 is 11.3 Å². The SMILES string of the molecule is C[C@@H](c1nccs1)N(C)Cc1cnn(CCC(=O)O)c1. The molecule has 1 N–H and O–H groups in total. The van der Waals surface area contributed by atoms with Crippen molar-refractivity contribution in [1.29, 1.82) is 0 Å². The third kappa shape index (κ3) is 3.88. The van der Waals surface area contributed by atoms with Crippen molar-refractivity contribution in [2.45, 2.75) is 32.5 Å². The van der Waals surface area contributed by atoms with E-state index in [1.54, 1.807) is 22.2 Å². The molecule has 0 amide bonds. The third-order valence-electron chi connectivity index (χ3n) is 3.14. The van der Waals surface area contributed by atoms with Crippen molar-refractivity contribution in [3.63, 3.8) is 0 Å². The van der Waals surface area contributed by atoms with Gasteiger partial charge in [-0.3, -0.25) is 14.4 Å². The van der Waals surface area contributed by atoms with E-state index in [2.05, 4.69) is 21.9 Å². The maximum atomic E-state index is 10.5. The van der Waals surface area contributed by atoms with Crippen molar-refractivity contribution in [2.24, 2.45) is 0 Å². The first kappa shape index (κ1) is 14.7. The van der Waals surface area contributed by atoms with Crippen molar-refractivity contribution < 1.29 is 9.90 Å². The van der Waals surface area contributed by atoms with Gasteiger partial charge in [-0.1, -0.05) is 0 Å². The van der Waals surface area contributed by atoms with Gasteiger partial charge in [0, 0.05) is 29.9 Å². The fourth-order valence-electron chi connectivity index (χ4n) is 1.87. The van der Waals surface area contributed by atoms with E-state index in [0.29, 0.717) is 6.54 Å². The van der Waals surface area contributed by atoms with Gasteiger partial charge in [0.1, 0.15) is 5.01 Å². The fourth-order valence-corrected chi connectivity index (χ4v) is 2.63. The molecular formula is C13H18N4O2S. The molecule has 0 aromatic carbocycles. The highest BCUT2D eigenvalue weighted by Gasteiger charge is 2.14. The average Bonchev–Trinajstić information content (AvgIpc) is 3.06. The van der Waals surface area contributed by atoms with E-state index in [9.17, 15) is 4.79 Å². The summed E-state index contributed by atoms with van der Waals surface area (Å²) in [6.45, 7) is 3.28. The summed E-state index contributed by atoms with van der Waals surface area (Å²) < 4.78 is 1.67. The maximum absolute atomic E-state index is 10.5. The number of hydrogen-bond donors (Lipinski definition) is 1. The number of carboxylic acids is 1. The Kier molecular flexibility index (Phi) is 4.86. The van der Waals surface area contributed by atoms with Crippen LogP contribution in [0.25, 0.3) is 0 Å². The van der Waals surface area contributed by atoms with E-state index in [-0.39, 0.29) is 12.5 Å². The van der Waals surface area contributed by atoms with E-state index in [1.807, 2.05) is 24.8 Å². The summed E-state index contributed by atoms with van der Waals surface area (Å²) in [5.41, 5.74) is 1.07. The molecule has 6 nitrogen and oxygen atoms in total. The number of hydrogen-bond acceptors (Lipinski definition) is 5. The van der Waals surface area contributed by atoms with Gasteiger partial charge in [-0.2, -0.15) is 5.10 Å². The Balaban J connectivity index is 1.91. The summed E-state index contributed by atoms with van der Waals surface area (Å²) >= 11 is 1.65. The average molecular weight is 294 g/mol. The van der Waals surface area contributed by atoms with Gasteiger partial charge in [0.05, 0.1) is 25.2 Å². The van der Waals surface area contributed by atoms with Gasteiger partial charge in [0.2, 0.25) is 0 Å². The van der Waals surface area contributed by atoms with E-state index >= 15 is 0 Å². The first-order valence-corrected chi connectivity index (χ1v) is 7.27. The second-order valence-electron chi connectivity index (χ2n) is 4.72. The Morgan fingerprint density at radius 1 is 1.60 bits per heavy atom. The van der Waals surface area contributed by atoms with Crippen molar-refractivity contribution in [1.82, 2.24) is 19.7 Å². The van der Waals surface area contributed by atoms with E-state index in [4.69, 9.17) is 5.11 Å². The van der Waals surface area contributed by atoms with Crippen LogP contribution < -0.4 is 0 Å². The van der Waals surface area contributed by atoms with Crippen molar-refractivity contribution >= 4 is 17.3 Å². The lowest BCUT2D eigenvalue weighted by atomic mass is 10.2. The van der Waals surface area contributed by atoms with Gasteiger partial charge in [-0.05, 0) is 14.0 Å².